The quantitative estimate of drug-likeness (QED) is 0.631. The maximum Gasteiger partial charge on any atom is 0.236 e. The molecule has 0 aromatic rings. The van der Waals surface area contributed by atoms with Crippen LogP contribution in [0.4, 0.5) is 0 Å². The molecule has 1 fully saturated rings. The SMILES string of the molecule is CNC(=O)C(CC(C)C)NC(C)CC1COCCN1. The average Bonchev–Trinajstić information content (AvgIpc) is 2.37. The number of carbonyl (C=O) groups is 1. The summed E-state index contributed by atoms with van der Waals surface area (Å²) in [7, 11) is 1.69. The molecule has 0 aromatic heterocycles. The maximum atomic E-state index is 11.9. The van der Waals surface area contributed by atoms with Gasteiger partial charge in [-0.15, -0.1) is 0 Å². The van der Waals surface area contributed by atoms with Crippen LogP contribution in [0.15, 0.2) is 0 Å². The topological polar surface area (TPSA) is 62.4 Å². The highest BCUT2D eigenvalue weighted by Gasteiger charge is 2.22. The molecule has 112 valence electrons. The third-order valence-corrected chi connectivity index (χ3v) is 3.39. The number of hydrogen-bond donors (Lipinski definition) is 3. The second-order valence-electron chi connectivity index (χ2n) is 5.83. The van der Waals surface area contributed by atoms with Crippen LogP contribution < -0.4 is 16.0 Å². The van der Waals surface area contributed by atoms with Crippen LogP contribution in [0.2, 0.25) is 0 Å². The van der Waals surface area contributed by atoms with Gasteiger partial charge in [0.15, 0.2) is 0 Å². The summed E-state index contributed by atoms with van der Waals surface area (Å²) in [6.07, 6.45) is 1.84. The molecular formula is C14H29N3O2. The van der Waals surface area contributed by atoms with Gasteiger partial charge < -0.3 is 20.7 Å². The van der Waals surface area contributed by atoms with Gasteiger partial charge in [0, 0.05) is 25.7 Å². The molecule has 1 aliphatic heterocycles. The van der Waals surface area contributed by atoms with Crippen molar-refractivity contribution >= 4 is 5.91 Å². The van der Waals surface area contributed by atoms with Crippen LogP contribution >= 0.6 is 0 Å². The van der Waals surface area contributed by atoms with Gasteiger partial charge in [-0.1, -0.05) is 13.8 Å². The van der Waals surface area contributed by atoms with E-state index in [2.05, 4.69) is 36.7 Å². The fourth-order valence-corrected chi connectivity index (χ4v) is 2.51. The van der Waals surface area contributed by atoms with Crippen molar-refractivity contribution in [2.45, 2.75) is 51.7 Å². The van der Waals surface area contributed by atoms with Gasteiger partial charge in [0.05, 0.1) is 19.3 Å². The van der Waals surface area contributed by atoms with Crippen molar-refractivity contribution in [1.29, 1.82) is 0 Å². The Morgan fingerprint density at radius 2 is 2.16 bits per heavy atom. The lowest BCUT2D eigenvalue weighted by Crippen LogP contribution is -2.50. The molecule has 0 saturated carbocycles. The molecule has 0 aromatic carbocycles. The standard InChI is InChI=1S/C14H29N3O2/c1-10(2)7-13(14(18)15-4)17-11(3)8-12-9-19-6-5-16-12/h10-13,16-17H,5-9H2,1-4H3,(H,15,18). The second-order valence-corrected chi connectivity index (χ2v) is 5.83. The molecule has 1 heterocycles. The fourth-order valence-electron chi connectivity index (χ4n) is 2.51. The number of rotatable bonds is 7. The second kappa shape index (κ2) is 8.51. The summed E-state index contributed by atoms with van der Waals surface area (Å²) >= 11 is 0. The molecule has 1 saturated heterocycles. The average molecular weight is 271 g/mol. The molecular weight excluding hydrogens is 242 g/mol. The van der Waals surface area contributed by atoms with Gasteiger partial charge in [-0.3, -0.25) is 4.79 Å². The maximum absolute atomic E-state index is 11.9. The van der Waals surface area contributed by atoms with Gasteiger partial charge in [0.1, 0.15) is 0 Å². The first-order valence-electron chi connectivity index (χ1n) is 7.31. The van der Waals surface area contributed by atoms with Gasteiger partial charge in [0.25, 0.3) is 0 Å². The van der Waals surface area contributed by atoms with Crippen molar-refractivity contribution < 1.29 is 9.53 Å². The van der Waals surface area contributed by atoms with Crippen molar-refractivity contribution in [1.82, 2.24) is 16.0 Å². The normalized spacial score (nSPS) is 23.1. The highest BCUT2D eigenvalue weighted by atomic mass is 16.5. The van der Waals surface area contributed by atoms with Crippen molar-refractivity contribution in [3.8, 4) is 0 Å². The fraction of sp³-hybridized carbons (Fsp3) is 0.929. The monoisotopic (exact) mass is 271 g/mol. The Morgan fingerprint density at radius 1 is 1.42 bits per heavy atom. The predicted molar refractivity (Wildman–Crippen MR) is 77.1 cm³/mol. The van der Waals surface area contributed by atoms with Crippen molar-refractivity contribution in [3.63, 3.8) is 0 Å². The van der Waals surface area contributed by atoms with Crippen LogP contribution in [0.25, 0.3) is 0 Å². The summed E-state index contributed by atoms with van der Waals surface area (Å²) in [5.41, 5.74) is 0. The van der Waals surface area contributed by atoms with E-state index in [1.165, 1.54) is 0 Å². The third-order valence-electron chi connectivity index (χ3n) is 3.39. The summed E-state index contributed by atoms with van der Waals surface area (Å²) in [5.74, 6) is 0.576. The Bertz CT molecular complexity index is 265. The lowest BCUT2D eigenvalue weighted by molar-refractivity contribution is -0.123. The molecule has 3 unspecified atom stereocenters. The Labute approximate surface area is 116 Å². The van der Waals surface area contributed by atoms with Gasteiger partial charge in [-0.05, 0) is 25.7 Å². The first-order valence-corrected chi connectivity index (χ1v) is 7.31. The largest absolute Gasteiger partial charge is 0.379 e. The first kappa shape index (κ1) is 16.4. The number of ether oxygens (including phenoxy) is 1. The molecule has 1 rings (SSSR count). The Morgan fingerprint density at radius 3 is 2.68 bits per heavy atom. The Balaban J connectivity index is 2.40. The Hall–Kier alpha value is -0.650. The van der Waals surface area contributed by atoms with Crippen LogP contribution in [0.1, 0.15) is 33.6 Å². The van der Waals surface area contributed by atoms with E-state index in [9.17, 15) is 4.79 Å². The highest BCUT2D eigenvalue weighted by molar-refractivity contribution is 5.81. The summed E-state index contributed by atoms with van der Waals surface area (Å²) in [6, 6.07) is 0.574. The van der Waals surface area contributed by atoms with E-state index in [0.29, 0.717) is 18.0 Å². The predicted octanol–water partition coefficient (Wildman–Crippen LogP) is 0.504. The summed E-state index contributed by atoms with van der Waals surface area (Å²) in [5, 5.41) is 9.62. The lowest BCUT2D eigenvalue weighted by atomic mass is 10.0. The molecule has 5 nitrogen and oxygen atoms in total. The van der Waals surface area contributed by atoms with Crippen molar-refractivity contribution in [2.75, 3.05) is 26.8 Å². The zero-order valence-corrected chi connectivity index (χ0v) is 12.7. The minimum absolute atomic E-state index is 0.0772. The zero-order chi connectivity index (χ0) is 14.3. The number of hydrogen-bond acceptors (Lipinski definition) is 4. The summed E-state index contributed by atoms with van der Waals surface area (Å²) in [4.78, 5) is 11.9. The Kier molecular flexibility index (Phi) is 7.34. The third kappa shape index (κ3) is 6.36. The van der Waals surface area contributed by atoms with Crippen LogP contribution in [-0.2, 0) is 9.53 Å². The molecule has 3 N–H and O–H groups in total. The van der Waals surface area contributed by atoms with E-state index in [-0.39, 0.29) is 11.9 Å². The molecule has 19 heavy (non-hydrogen) atoms. The van der Waals surface area contributed by atoms with Crippen LogP contribution in [0.5, 0.6) is 0 Å². The van der Waals surface area contributed by atoms with E-state index in [1.54, 1.807) is 7.05 Å². The minimum atomic E-state index is -0.107. The number of likely N-dealkylation sites (N-methyl/N-ethyl adjacent to an activating group) is 1. The number of amides is 1. The molecule has 0 aliphatic carbocycles. The number of nitrogens with one attached hydrogen (secondary N) is 3. The van der Waals surface area contributed by atoms with E-state index >= 15 is 0 Å². The van der Waals surface area contributed by atoms with Gasteiger partial charge >= 0.3 is 0 Å². The van der Waals surface area contributed by atoms with Gasteiger partial charge in [-0.2, -0.15) is 0 Å². The number of morpholine rings is 1. The van der Waals surface area contributed by atoms with Gasteiger partial charge in [0.2, 0.25) is 5.91 Å². The van der Waals surface area contributed by atoms with E-state index < -0.39 is 0 Å². The summed E-state index contributed by atoms with van der Waals surface area (Å²) in [6.45, 7) is 8.89. The minimum Gasteiger partial charge on any atom is -0.379 e. The van der Waals surface area contributed by atoms with Crippen molar-refractivity contribution in [3.05, 3.63) is 0 Å². The number of carbonyl (C=O) groups excluding carboxylic acids is 1. The molecule has 1 aliphatic rings. The van der Waals surface area contributed by atoms with Gasteiger partial charge in [-0.25, -0.2) is 0 Å². The molecule has 0 radical (unpaired) electrons. The first-order chi connectivity index (χ1) is 9.02. The highest BCUT2D eigenvalue weighted by Crippen LogP contribution is 2.08. The molecule has 1 amide bonds. The van der Waals surface area contributed by atoms with Crippen LogP contribution in [-0.4, -0.2) is 50.8 Å². The summed E-state index contributed by atoms with van der Waals surface area (Å²) < 4.78 is 5.45. The zero-order valence-electron chi connectivity index (χ0n) is 12.7. The van der Waals surface area contributed by atoms with Crippen LogP contribution in [0.3, 0.4) is 0 Å². The molecule has 5 heteroatoms. The molecule has 0 bridgehead atoms. The molecule has 3 atom stereocenters. The lowest BCUT2D eigenvalue weighted by Gasteiger charge is -2.29. The van der Waals surface area contributed by atoms with Crippen LogP contribution in [0, 0.1) is 5.92 Å². The smallest absolute Gasteiger partial charge is 0.236 e. The van der Waals surface area contributed by atoms with Crippen molar-refractivity contribution in [2.24, 2.45) is 5.92 Å². The molecule has 0 spiro atoms. The van der Waals surface area contributed by atoms with E-state index in [4.69, 9.17) is 4.74 Å². The van der Waals surface area contributed by atoms with E-state index in [0.717, 1.165) is 32.6 Å². The van der Waals surface area contributed by atoms with E-state index in [1.807, 2.05) is 0 Å².